The number of fused-ring (bicyclic) bond motifs is 5. The van der Waals surface area contributed by atoms with Crippen molar-refractivity contribution >= 4 is 5.97 Å². The molecule has 0 radical (unpaired) electrons. The zero-order valence-electron chi connectivity index (χ0n) is 15.8. The van der Waals surface area contributed by atoms with Gasteiger partial charge in [0.15, 0.2) is 0 Å². The second-order valence-electron chi connectivity index (χ2n) is 8.78. The van der Waals surface area contributed by atoms with Crippen LogP contribution in [0.15, 0.2) is 18.2 Å². The molecule has 2 N–H and O–H groups in total. The minimum Gasteiger partial charge on any atom is -0.508 e. The first-order valence-electron chi connectivity index (χ1n) is 10.1. The molecule has 1 aromatic rings. The second-order valence-corrected chi connectivity index (χ2v) is 8.78. The van der Waals surface area contributed by atoms with Crippen LogP contribution in [-0.4, -0.2) is 28.9 Å². The first-order valence-corrected chi connectivity index (χ1v) is 10.1. The smallest absolute Gasteiger partial charge is 0.306 e. The van der Waals surface area contributed by atoms with Crippen molar-refractivity contribution in [3.63, 3.8) is 0 Å². The van der Waals surface area contributed by atoms with Crippen molar-refractivity contribution in [3.05, 3.63) is 29.3 Å². The number of benzene rings is 1. The zero-order chi connectivity index (χ0) is 18.5. The number of aliphatic hydroxyl groups is 1. The summed E-state index contributed by atoms with van der Waals surface area (Å²) in [6.45, 7) is 4.51. The van der Waals surface area contributed by atoms with Crippen LogP contribution in [0.25, 0.3) is 0 Å². The fourth-order valence-electron chi connectivity index (χ4n) is 6.38. The average Bonchev–Trinajstić information content (AvgIpc) is 2.90. The highest BCUT2D eigenvalue weighted by Gasteiger charge is 2.56. The molecule has 26 heavy (non-hydrogen) atoms. The number of phenols is 1. The summed E-state index contributed by atoms with van der Waals surface area (Å²) in [5.74, 6) is 1.69. The van der Waals surface area contributed by atoms with E-state index in [9.17, 15) is 15.0 Å². The van der Waals surface area contributed by atoms with Crippen LogP contribution < -0.4 is 0 Å². The Balaban J connectivity index is 1.72. The monoisotopic (exact) mass is 358 g/mol. The molecule has 3 aliphatic carbocycles. The molecule has 2 fully saturated rings. The van der Waals surface area contributed by atoms with Gasteiger partial charge in [0, 0.05) is 6.42 Å². The summed E-state index contributed by atoms with van der Waals surface area (Å²) in [7, 11) is 0. The molecule has 0 aromatic heterocycles. The van der Waals surface area contributed by atoms with Crippen molar-refractivity contribution in [3.8, 4) is 5.75 Å². The van der Waals surface area contributed by atoms with E-state index in [-0.39, 0.29) is 23.4 Å². The lowest BCUT2D eigenvalue weighted by molar-refractivity contribution is -0.145. The summed E-state index contributed by atoms with van der Waals surface area (Å²) in [6, 6.07) is 5.75. The fourth-order valence-corrected chi connectivity index (χ4v) is 6.38. The van der Waals surface area contributed by atoms with Crippen LogP contribution in [0.1, 0.15) is 63.0 Å². The number of phenolic OH excluding ortho intramolecular Hbond substituents is 1. The van der Waals surface area contributed by atoms with E-state index in [1.165, 1.54) is 11.1 Å². The van der Waals surface area contributed by atoms with Gasteiger partial charge < -0.3 is 14.9 Å². The lowest BCUT2D eigenvalue weighted by Crippen LogP contribution is -2.47. The first kappa shape index (κ1) is 17.8. The van der Waals surface area contributed by atoms with Gasteiger partial charge in [0.05, 0.1) is 12.7 Å². The normalized spacial score (nSPS) is 38.2. The molecule has 142 valence electrons. The highest BCUT2D eigenvalue weighted by molar-refractivity contribution is 5.70. The minimum atomic E-state index is -0.224. The minimum absolute atomic E-state index is 0.0253. The molecule has 0 unspecified atom stereocenters. The maximum atomic E-state index is 12.3. The zero-order valence-corrected chi connectivity index (χ0v) is 15.8. The topological polar surface area (TPSA) is 66.8 Å². The standard InChI is InChI=1S/C22H30O4/c1-3-26-20(25)12-14-10-13-11-15(23)4-5-16(13)17-8-9-22(2)18(21(14)17)6-7-19(22)24/h4-5,11,14,17-19,21,23-24H,3,6-10,12H2,1-2H3/t14-,17-,18+,19+,21-,22+/m1/s1. The van der Waals surface area contributed by atoms with Gasteiger partial charge >= 0.3 is 5.97 Å². The molecule has 0 bridgehead atoms. The molecular weight excluding hydrogens is 328 g/mol. The van der Waals surface area contributed by atoms with Gasteiger partial charge in [-0.15, -0.1) is 0 Å². The number of carbonyl (C=O) groups excluding carboxylic acids is 1. The van der Waals surface area contributed by atoms with Crippen molar-refractivity contribution in [2.24, 2.45) is 23.2 Å². The number of carbonyl (C=O) groups is 1. The van der Waals surface area contributed by atoms with Crippen LogP contribution in [0, 0.1) is 23.2 Å². The number of hydrogen-bond donors (Lipinski definition) is 2. The van der Waals surface area contributed by atoms with Crippen LogP contribution in [0.2, 0.25) is 0 Å². The number of hydrogen-bond acceptors (Lipinski definition) is 4. The predicted molar refractivity (Wildman–Crippen MR) is 98.9 cm³/mol. The Kier molecular flexibility index (Phi) is 4.50. The number of aliphatic hydroxyl groups excluding tert-OH is 1. The van der Waals surface area contributed by atoms with Crippen molar-refractivity contribution < 1.29 is 19.7 Å². The summed E-state index contributed by atoms with van der Waals surface area (Å²) in [6.07, 6.45) is 5.03. The second kappa shape index (κ2) is 6.56. The number of rotatable bonds is 3. The number of aromatic hydroxyl groups is 1. The van der Waals surface area contributed by atoms with Crippen molar-refractivity contribution in [2.75, 3.05) is 6.61 Å². The molecule has 6 atom stereocenters. The van der Waals surface area contributed by atoms with Gasteiger partial charge in [-0.05, 0) is 91.4 Å². The lowest BCUT2D eigenvalue weighted by atomic mass is 9.52. The molecule has 0 saturated heterocycles. The Labute approximate surface area is 155 Å². The Hall–Kier alpha value is -1.55. The summed E-state index contributed by atoms with van der Waals surface area (Å²) >= 11 is 0. The summed E-state index contributed by atoms with van der Waals surface area (Å²) < 4.78 is 5.26. The van der Waals surface area contributed by atoms with Crippen LogP contribution in [0.3, 0.4) is 0 Å². The molecule has 0 aliphatic heterocycles. The van der Waals surface area contributed by atoms with Crippen LogP contribution in [-0.2, 0) is 16.0 Å². The van der Waals surface area contributed by atoms with Gasteiger partial charge in [0.1, 0.15) is 5.75 Å². The van der Waals surface area contributed by atoms with Crippen LogP contribution in [0.4, 0.5) is 0 Å². The van der Waals surface area contributed by atoms with Crippen LogP contribution in [0.5, 0.6) is 5.75 Å². The van der Waals surface area contributed by atoms with E-state index in [2.05, 4.69) is 13.0 Å². The number of ether oxygens (including phenoxy) is 1. The maximum absolute atomic E-state index is 12.3. The van der Waals surface area contributed by atoms with E-state index in [4.69, 9.17) is 4.74 Å². The summed E-state index contributed by atoms with van der Waals surface area (Å²) in [5, 5.41) is 20.6. The van der Waals surface area contributed by atoms with E-state index in [0.717, 1.165) is 32.1 Å². The molecule has 4 nitrogen and oxygen atoms in total. The van der Waals surface area contributed by atoms with E-state index in [1.807, 2.05) is 13.0 Å². The molecule has 3 aliphatic rings. The Morgan fingerprint density at radius 1 is 1.31 bits per heavy atom. The molecule has 0 amide bonds. The van der Waals surface area contributed by atoms with Crippen molar-refractivity contribution in [2.45, 2.75) is 64.4 Å². The van der Waals surface area contributed by atoms with Gasteiger partial charge in [-0.25, -0.2) is 0 Å². The summed E-state index contributed by atoms with van der Waals surface area (Å²) in [4.78, 5) is 12.3. The third-order valence-corrected chi connectivity index (χ3v) is 7.57. The first-order chi connectivity index (χ1) is 12.4. The highest BCUT2D eigenvalue weighted by atomic mass is 16.5. The highest BCUT2D eigenvalue weighted by Crippen LogP contribution is 2.62. The van der Waals surface area contributed by atoms with Gasteiger partial charge in [0.2, 0.25) is 0 Å². The molecule has 1 aromatic carbocycles. The third kappa shape index (κ3) is 2.74. The maximum Gasteiger partial charge on any atom is 0.306 e. The Morgan fingerprint density at radius 2 is 2.12 bits per heavy atom. The van der Waals surface area contributed by atoms with Crippen LogP contribution >= 0.6 is 0 Å². The van der Waals surface area contributed by atoms with Crippen molar-refractivity contribution in [1.29, 1.82) is 0 Å². The van der Waals surface area contributed by atoms with Gasteiger partial charge in [-0.2, -0.15) is 0 Å². The van der Waals surface area contributed by atoms with E-state index < -0.39 is 0 Å². The molecule has 2 saturated carbocycles. The molecule has 0 spiro atoms. The Bertz CT molecular complexity index is 699. The van der Waals surface area contributed by atoms with Gasteiger partial charge in [-0.3, -0.25) is 4.79 Å². The number of esters is 1. The largest absolute Gasteiger partial charge is 0.508 e. The summed E-state index contributed by atoms with van der Waals surface area (Å²) in [5.41, 5.74) is 2.50. The third-order valence-electron chi connectivity index (χ3n) is 7.57. The average molecular weight is 358 g/mol. The quantitative estimate of drug-likeness (QED) is 0.807. The van der Waals surface area contributed by atoms with Gasteiger partial charge in [0.25, 0.3) is 0 Å². The van der Waals surface area contributed by atoms with E-state index in [1.54, 1.807) is 6.07 Å². The molecule has 4 rings (SSSR count). The van der Waals surface area contributed by atoms with Crippen molar-refractivity contribution in [1.82, 2.24) is 0 Å². The Morgan fingerprint density at radius 3 is 2.88 bits per heavy atom. The molecule has 4 heteroatoms. The fraction of sp³-hybridized carbons (Fsp3) is 0.682. The SMILES string of the molecule is CCOC(=O)C[C@H]1Cc2cc(O)ccc2[C@H]2CC[C@]3(C)[C@@H](O)CC[C@H]3[C@H]12. The predicted octanol–water partition coefficient (Wildman–Crippen LogP) is 3.79. The van der Waals surface area contributed by atoms with Gasteiger partial charge in [-0.1, -0.05) is 13.0 Å². The van der Waals surface area contributed by atoms with E-state index >= 15 is 0 Å². The van der Waals surface area contributed by atoms with E-state index in [0.29, 0.717) is 36.5 Å². The molecule has 0 heterocycles. The molecular formula is C22H30O4. The lowest BCUT2D eigenvalue weighted by Gasteiger charge is -2.53.